The molecule has 0 atom stereocenters. The molecule has 1 aromatic carbocycles. The van der Waals surface area contributed by atoms with Gasteiger partial charge in [0.2, 0.25) is 5.88 Å². The summed E-state index contributed by atoms with van der Waals surface area (Å²) in [5, 5.41) is 4.46. The summed E-state index contributed by atoms with van der Waals surface area (Å²) < 4.78 is 11.7. The summed E-state index contributed by atoms with van der Waals surface area (Å²) in [5.74, 6) is -2.19. The van der Waals surface area contributed by atoms with Crippen molar-refractivity contribution in [3.63, 3.8) is 0 Å². The zero-order valence-corrected chi connectivity index (χ0v) is 17.0. The average Bonchev–Trinajstić information content (AvgIpc) is 3.04. The van der Waals surface area contributed by atoms with E-state index in [9.17, 15) is 14.4 Å². The number of esters is 1. The first-order valence-electron chi connectivity index (χ1n) is 9.36. The number of primary amides is 1. The van der Waals surface area contributed by atoms with Gasteiger partial charge in [-0.1, -0.05) is 37.3 Å². The number of Topliss-reactive ketones (excluding diaryl/α,β-unsaturated/α-hetero) is 1. The first-order chi connectivity index (χ1) is 14.4. The Morgan fingerprint density at radius 3 is 2.47 bits per heavy atom. The second kappa shape index (κ2) is 8.73. The summed E-state index contributed by atoms with van der Waals surface area (Å²) in [4.78, 5) is 40.3. The van der Waals surface area contributed by atoms with Crippen molar-refractivity contribution in [1.29, 1.82) is 0 Å². The minimum absolute atomic E-state index is 0.00603. The van der Waals surface area contributed by atoms with E-state index in [0.29, 0.717) is 24.2 Å². The fourth-order valence-corrected chi connectivity index (χ4v) is 3.34. The molecule has 9 heteroatoms. The van der Waals surface area contributed by atoms with Gasteiger partial charge in [0, 0.05) is 6.42 Å². The van der Waals surface area contributed by atoms with Gasteiger partial charge >= 0.3 is 5.97 Å². The number of amides is 1. The molecule has 0 saturated heterocycles. The molecule has 3 aromatic rings. The highest BCUT2D eigenvalue weighted by Gasteiger charge is 2.29. The van der Waals surface area contributed by atoms with Crippen molar-refractivity contribution >= 4 is 23.2 Å². The molecule has 2 aromatic heterocycles. The van der Waals surface area contributed by atoms with Gasteiger partial charge in [-0.2, -0.15) is 10.1 Å². The maximum absolute atomic E-state index is 12.7. The number of rotatable bonds is 8. The van der Waals surface area contributed by atoms with E-state index in [1.54, 1.807) is 11.4 Å². The molecule has 30 heavy (non-hydrogen) atoms. The van der Waals surface area contributed by atoms with Crippen LogP contribution in [0.3, 0.4) is 0 Å². The van der Waals surface area contributed by atoms with Gasteiger partial charge in [-0.15, -0.1) is 0 Å². The highest BCUT2D eigenvalue weighted by atomic mass is 16.6. The molecule has 2 heterocycles. The topological polar surface area (TPSA) is 126 Å². The summed E-state index contributed by atoms with van der Waals surface area (Å²) in [5.41, 5.74) is 7.96. The van der Waals surface area contributed by atoms with Crippen LogP contribution in [0.25, 0.3) is 5.52 Å². The highest BCUT2D eigenvalue weighted by molar-refractivity contribution is 6.44. The fraction of sp³-hybridized carbons (Fsp3) is 0.286. The van der Waals surface area contributed by atoms with E-state index >= 15 is 0 Å². The Labute approximate surface area is 172 Å². The average molecular weight is 410 g/mol. The molecule has 2 N–H and O–H groups in total. The number of aryl methyl sites for hydroxylation is 1. The second-order valence-electron chi connectivity index (χ2n) is 6.60. The number of fused-ring (bicyclic) bond motifs is 1. The lowest BCUT2D eigenvalue weighted by molar-refractivity contribution is -0.143. The zero-order valence-electron chi connectivity index (χ0n) is 17.0. The number of hydrogen-bond acceptors (Lipinski definition) is 7. The minimum atomic E-state index is -1.09. The summed E-state index contributed by atoms with van der Waals surface area (Å²) in [6, 6.07) is 9.65. The van der Waals surface area contributed by atoms with Gasteiger partial charge in [-0.3, -0.25) is 9.59 Å². The van der Waals surface area contributed by atoms with Crippen molar-refractivity contribution in [2.75, 3.05) is 13.7 Å². The van der Waals surface area contributed by atoms with E-state index in [1.165, 1.54) is 7.11 Å². The number of aromatic nitrogens is 3. The zero-order chi connectivity index (χ0) is 21.8. The maximum atomic E-state index is 12.7. The molecule has 0 aliphatic heterocycles. The van der Waals surface area contributed by atoms with Crippen molar-refractivity contribution in [2.24, 2.45) is 5.73 Å². The number of nitrogens with zero attached hydrogens (tertiary/aromatic N) is 3. The van der Waals surface area contributed by atoms with E-state index in [2.05, 4.69) is 14.8 Å². The largest absolute Gasteiger partial charge is 0.466 e. The Bertz CT molecular complexity index is 1120. The number of methoxy groups -OCH3 is 1. The van der Waals surface area contributed by atoms with Crippen LogP contribution in [-0.2, 0) is 27.2 Å². The van der Waals surface area contributed by atoms with Gasteiger partial charge in [0.05, 0.1) is 18.4 Å². The Hall–Kier alpha value is -3.75. The van der Waals surface area contributed by atoms with E-state index in [4.69, 9.17) is 10.5 Å². The fourth-order valence-electron chi connectivity index (χ4n) is 3.34. The Balaban J connectivity index is 2.29. The molecule has 9 nitrogen and oxygen atoms in total. The van der Waals surface area contributed by atoms with Crippen LogP contribution in [0, 0.1) is 6.92 Å². The number of hydrogen-bond donors (Lipinski definition) is 1. The molecule has 0 aliphatic carbocycles. The lowest BCUT2D eigenvalue weighted by atomic mass is 9.99. The van der Waals surface area contributed by atoms with Gasteiger partial charge in [0.1, 0.15) is 11.3 Å². The normalized spacial score (nSPS) is 10.8. The SMILES string of the molecule is CCc1c(C(=O)C(N)=O)c2c(OCC(=O)OC)nc(C)nn2c1Cc1ccccc1. The molecule has 0 spiro atoms. The number of benzene rings is 1. The van der Waals surface area contributed by atoms with Gasteiger partial charge in [-0.05, 0) is 24.5 Å². The summed E-state index contributed by atoms with van der Waals surface area (Å²) in [7, 11) is 1.24. The van der Waals surface area contributed by atoms with Crippen LogP contribution >= 0.6 is 0 Å². The predicted octanol–water partition coefficient (Wildman–Crippen LogP) is 1.41. The number of carbonyl (C=O) groups is 3. The molecule has 0 radical (unpaired) electrons. The monoisotopic (exact) mass is 410 g/mol. The molecule has 3 rings (SSSR count). The van der Waals surface area contributed by atoms with E-state index in [-0.39, 0.29) is 17.0 Å². The Morgan fingerprint density at radius 2 is 1.87 bits per heavy atom. The van der Waals surface area contributed by atoms with Gasteiger partial charge in [0.25, 0.3) is 11.7 Å². The molecule has 0 saturated carbocycles. The summed E-state index contributed by atoms with van der Waals surface area (Å²) >= 11 is 0. The third kappa shape index (κ3) is 4.00. The lowest BCUT2D eigenvalue weighted by Crippen LogP contribution is -2.24. The van der Waals surface area contributed by atoms with Crippen LogP contribution in [0.15, 0.2) is 30.3 Å². The minimum Gasteiger partial charge on any atom is -0.466 e. The second-order valence-corrected chi connectivity index (χ2v) is 6.60. The van der Waals surface area contributed by atoms with Crippen LogP contribution in [0.1, 0.15) is 39.9 Å². The highest BCUT2D eigenvalue weighted by Crippen LogP contribution is 2.31. The van der Waals surface area contributed by atoms with Gasteiger partial charge in [-0.25, -0.2) is 9.31 Å². The summed E-state index contributed by atoms with van der Waals surface area (Å²) in [6.07, 6.45) is 0.916. The standard InChI is InChI=1S/C21H22N4O5/c1-4-14-15(10-13-8-6-5-7-9-13)25-18(17(14)19(27)20(22)28)21(23-12(2)24-25)30-11-16(26)29-3/h5-9H,4,10-11H2,1-3H3,(H2,22,28). The molecular formula is C21H22N4O5. The summed E-state index contributed by atoms with van der Waals surface area (Å²) in [6.45, 7) is 3.13. The molecule has 0 fully saturated rings. The third-order valence-corrected chi connectivity index (χ3v) is 4.64. The number of nitrogens with two attached hydrogens (primary N) is 1. The third-order valence-electron chi connectivity index (χ3n) is 4.64. The molecule has 156 valence electrons. The molecule has 0 aliphatic rings. The molecule has 0 bridgehead atoms. The number of ether oxygens (including phenoxy) is 2. The van der Waals surface area contributed by atoms with E-state index < -0.39 is 24.3 Å². The van der Waals surface area contributed by atoms with E-state index in [1.807, 2.05) is 37.3 Å². The van der Waals surface area contributed by atoms with Gasteiger partial charge < -0.3 is 15.2 Å². The predicted molar refractivity (Wildman–Crippen MR) is 107 cm³/mol. The van der Waals surface area contributed by atoms with Gasteiger partial charge in [0.15, 0.2) is 6.61 Å². The van der Waals surface area contributed by atoms with Crippen molar-refractivity contribution in [2.45, 2.75) is 26.7 Å². The quantitative estimate of drug-likeness (QED) is 0.338. The van der Waals surface area contributed by atoms with E-state index in [0.717, 1.165) is 11.3 Å². The maximum Gasteiger partial charge on any atom is 0.343 e. The van der Waals surface area contributed by atoms with Crippen molar-refractivity contribution in [3.05, 3.63) is 58.5 Å². The van der Waals surface area contributed by atoms with Crippen molar-refractivity contribution in [3.8, 4) is 5.88 Å². The van der Waals surface area contributed by atoms with Crippen LogP contribution in [0.5, 0.6) is 5.88 Å². The molecule has 1 amide bonds. The first-order valence-corrected chi connectivity index (χ1v) is 9.36. The van der Waals surface area contributed by atoms with Crippen molar-refractivity contribution in [1.82, 2.24) is 14.6 Å². The number of ketones is 1. The Morgan fingerprint density at radius 1 is 1.17 bits per heavy atom. The Kier molecular flexibility index (Phi) is 6.10. The van der Waals surface area contributed by atoms with Crippen LogP contribution < -0.4 is 10.5 Å². The first kappa shape index (κ1) is 21.0. The van der Waals surface area contributed by atoms with Crippen molar-refractivity contribution < 1.29 is 23.9 Å². The van der Waals surface area contributed by atoms with Crippen LogP contribution in [0.4, 0.5) is 0 Å². The number of carbonyl (C=O) groups excluding carboxylic acids is 3. The smallest absolute Gasteiger partial charge is 0.343 e. The van der Waals surface area contributed by atoms with Crippen LogP contribution in [-0.4, -0.2) is 46.0 Å². The molecular weight excluding hydrogens is 388 g/mol. The molecule has 0 unspecified atom stereocenters. The van der Waals surface area contributed by atoms with Crippen LogP contribution in [0.2, 0.25) is 0 Å². The lowest BCUT2D eigenvalue weighted by Gasteiger charge is -2.09.